The molecule has 1 saturated heterocycles. The maximum absolute atomic E-state index is 12.1. The quantitative estimate of drug-likeness (QED) is 0.684. The average molecular weight is 240 g/mol. The fourth-order valence-corrected chi connectivity index (χ4v) is 2.86. The molecule has 98 valence electrons. The molecule has 2 fully saturated rings. The van der Waals surface area contributed by atoms with Gasteiger partial charge in [0.05, 0.1) is 11.0 Å². The molecule has 1 atom stereocenters. The van der Waals surface area contributed by atoms with E-state index in [0.29, 0.717) is 6.54 Å². The third-order valence-electron chi connectivity index (χ3n) is 4.28. The molecule has 2 rings (SSSR count). The van der Waals surface area contributed by atoms with E-state index in [-0.39, 0.29) is 11.3 Å². The second-order valence-corrected chi connectivity index (χ2v) is 5.96. The van der Waals surface area contributed by atoms with Gasteiger partial charge in [-0.05, 0) is 32.7 Å². The zero-order valence-corrected chi connectivity index (χ0v) is 10.7. The molecule has 17 heavy (non-hydrogen) atoms. The van der Waals surface area contributed by atoms with Crippen molar-refractivity contribution in [3.63, 3.8) is 0 Å². The average Bonchev–Trinajstić information content (AvgIpc) is 2.75. The van der Waals surface area contributed by atoms with Crippen LogP contribution in [-0.4, -0.2) is 36.2 Å². The maximum atomic E-state index is 12.1. The molecule has 4 heteroatoms. The molecule has 2 aliphatic rings. The summed E-state index contributed by atoms with van der Waals surface area (Å²) in [4.78, 5) is 12.1. The van der Waals surface area contributed by atoms with E-state index in [2.05, 4.69) is 10.6 Å². The van der Waals surface area contributed by atoms with Gasteiger partial charge in [0.1, 0.15) is 0 Å². The molecule has 4 nitrogen and oxygen atoms in total. The van der Waals surface area contributed by atoms with Crippen LogP contribution < -0.4 is 10.6 Å². The predicted octanol–water partition coefficient (Wildman–Crippen LogP) is 0.797. The van der Waals surface area contributed by atoms with Crippen LogP contribution in [0.5, 0.6) is 0 Å². The summed E-state index contributed by atoms with van der Waals surface area (Å²) >= 11 is 0. The van der Waals surface area contributed by atoms with Gasteiger partial charge in [0, 0.05) is 13.1 Å². The lowest BCUT2D eigenvalue weighted by molar-refractivity contribution is -0.130. The Balaban J connectivity index is 1.83. The SMILES string of the molecule is CC1(C(=O)NCC2(O)CCCCC2)CCNC1. The number of carbonyl (C=O) groups excluding carboxylic acids is 1. The first-order valence-corrected chi connectivity index (χ1v) is 6.76. The Labute approximate surface area is 103 Å². The van der Waals surface area contributed by atoms with Crippen molar-refractivity contribution in [3.05, 3.63) is 0 Å². The zero-order chi connectivity index (χ0) is 12.4. The van der Waals surface area contributed by atoms with Crippen LogP contribution in [0.15, 0.2) is 0 Å². The van der Waals surface area contributed by atoms with Gasteiger partial charge in [-0.15, -0.1) is 0 Å². The van der Waals surface area contributed by atoms with E-state index in [1.807, 2.05) is 6.92 Å². The van der Waals surface area contributed by atoms with Crippen LogP contribution in [-0.2, 0) is 4.79 Å². The standard InChI is InChI=1S/C13H24N2O2/c1-12(7-8-14-9-12)11(16)15-10-13(17)5-3-2-4-6-13/h14,17H,2-10H2,1H3,(H,15,16). The Morgan fingerprint density at radius 3 is 2.59 bits per heavy atom. The molecule has 3 N–H and O–H groups in total. The van der Waals surface area contributed by atoms with Crippen LogP contribution in [0.2, 0.25) is 0 Å². The van der Waals surface area contributed by atoms with Crippen LogP contribution in [0.25, 0.3) is 0 Å². The van der Waals surface area contributed by atoms with Gasteiger partial charge in [0.15, 0.2) is 0 Å². The largest absolute Gasteiger partial charge is 0.388 e. The van der Waals surface area contributed by atoms with E-state index < -0.39 is 5.60 Å². The monoisotopic (exact) mass is 240 g/mol. The Hall–Kier alpha value is -0.610. The summed E-state index contributed by atoms with van der Waals surface area (Å²) < 4.78 is 0. The molecular formula is C13H24N2O2. The topological polar surface area (TPSA) is 61.4 Å². The molecule has 0 aromatic carbocycles. The number of hydrogen-bond donors (Lipinski definition) is 3. The second-order valence-electron chi connectivity index (χ2n) is 5.96. The molecular weight excluding hydrogens is 216 g/mol. The highest BCUT2D eigenvalue weighted by molar-refractivity contribution is 5.82. The summed E-state index contributed by atoms with van der Waals surface area (Å²) in [6, 6.07) is 0. The maximum Gasteiger partial charge on any atom is 0.227 e. The summed E-state index contributed by atoms with van der Waals surface area (Å²) in [5.41, 5.74) is -0.943. The lowest BCUT2D eigenvalue weighted by atomic mass is 9.84. The van der Waals surface area contributed by atoms with Crippen molar-refractivity contribution in [1.82, 2.24) is 10.6 Å². The summed E-state index contributed by atoms with van der Waals surface area (Å²) in [7, 11) is 0. The van der Waals surface area contributed by atoms with Crippen LogP contribution in [0, 0.1) is 5.41 Å². The van der Waals surface area contributed by atoms with E-state index in [1.54, 1.807) is 0 Å². The van der Waals surface area contributed by atoms with Gasteiger partial charge in [-0.2, -0.15) is 0 Å². The number of hydrogen-bond acceptors (Lipinski definition) is 3. The van der Waals surface area contributed by atoms with Crippen molar-refractivity contribution in [2.75, 3.05) is 19.6 Å². The third kappa shape index (κ3) is 2.99. The molecule has 0 aromatic heterocycles. The minimum atomic E-state index is -0.656. The van der Waals surface area contributed by atoms with Crippen molar-refractivity contribution < 1.29 is 9.90 Å². The zero-order valence-electron chi connectivity index (χ0n) is 10.7. The predicted molar refractivity (Wildman–Crippen MR) is 66.6 cm³/mol. The van der Waals surface area contributed by atoms with Gasteiger partial charge in [0.2, 0.25) is 5.91 Å². The van der Waals surface area contributed by atoms with Crippen LogP contribution >= 0.6 is 0 Å². The van der Waals surface area contributed by atoms with Gasteiger partial charge < -0.3 is 15.7 Å². The Morgan fingerprint density at radius 2 is 2.00 bits per heavy atom. The molecule has 0 radical (unpaired) electrons. The van der Waals surface area contributed by atoms with Gasteiger partial charge in [0.25, 0.3) is 0 Å². The van der Waals surface area contributed by atoms with E-state index in [9.17, 15) is 9.90 Å². The minimum absolute atomic E-state index is 0.0847. The fourth-order valence-electron chi connectivity index (χ4n) is 2.86. The molecule has 1 saturated carbocycles. The second kappa shape index (κ2) is 4.94. The fraction of sp³-hybridized carbons (Fsp3) is 0.923. The highest BCUT2D eigenvalue weighted by Gasteiger charge is 2.38. The number of carbonyl (C=O) groups is 1. The van der Waals surface area contributed by atoms with Crippen LogP contribution in [0.1, 0.15) is 45.4 Å². The minimum Gasteiger partial charge on any atom is -0.388 e. The molecule has 1 amide bonds. The van der Waals surface area contributed by atoms with Crippen molar-refractivity contribution in [3.8, 4) is 0 Å². The van der Waals surface area contributed by atoms with Gasteiger partial charge in [-0.3, -0.25) is 4.79 Å². The highest BCUT2D eigenvalue weighted by Crippen LogP contribution is 2.28. The normalized spacial score (nSPS) is 32.4. The third-order valence-corrected chi connectivity index (χ3v) is 4.28. The molecule has 1 aliphatic heterocycles. The van der Waals surface area contributed by atoms with E-state index in [4.69, 9.17) is 0 Å². The number of aliphatic hydroxyl groups is 1. The summed E-state index contributed by atoms with van der Waals surface area (Å²) in [6.07, 6.45) is 5.88. The smallest absolute Gasteiger partial charge is 0.227 e. The lowest BCUT2D eigenvalue weighted by Gasteiger charge is -2.33. The van der Waals surface area contributed by atoms with Crippen LogP contribution in [0.4, 0.5) is 0 Å². The Morgan fingerprint density at radius 1 is 1.29 bits per heavy atom. The van der Waals surface area contributed by atoms with Crippen molar-refractivity contribution in [2.45, 2.75) is 51.0 Å². The van der Waals surface area contributed by atoms with E-state index in [0.717, 1.165) is 45.2 Å². The molecule has 0 bridgehead atoms. The molecule has 1 aliphatic carbocycles. The van der Waals surface area contributed by atoms with Crippen molar-refractivity contribution in [2.24, 2.45) is 5.41 Å². The first-order valence-electron chi connectivity index (χ1n) is 6.76. The number of nitrogens with one attached hydrogen (secondary N) is 2. The molecule has 1 heterocycles. The van der Waals surface area contributed by atoms with Gasteiger partial charge in [-0.25, -0.2) is 0 Å². The Bertz CT molecular complexity index is 279. The Kier molecular flexibility index (Phi) is 3.73. The number of rotatable bonds is 3. The summed E-state index contributed by atoms with van der Waals surface area (Å²) in [5, 5.41) is 16.5. The highest BCUT2D eigenvalue weighted by atomic mass is 16.3. The lowest BCUT2D eigenvalue weighted by Crippen LogP contribution is -2.48. The number of amides is 1. The molecule has 1 unspecified atom stereocenters. The molecule has 0 aromatic rings. The molecule has 0 spiro atoms. The van der Waals surface area contributed by atoms with Crippen molar-refractivity contribution in [1.29, 1.82) is 0 Å². The summed E-state index contributed by atoms with van der Waals surface area (Å²) in [5.74, 6) is 0.0847. The van der Waals surface area contributed by atoms with E-state index >= 15 is 0 Å². The summed E-state index contributed by atoms with van der Waals surface area (Å²) in [6.45, 7) is 4.07. The van der Waals surface area contributed by atoms with Gasteiger partial charge in [-0.1, -0.05) is 19.3 Å². The van der Waals surface area contributed by atoms with Crippen LogP contribution in [0.3, 0.4) is 0 Å². The van der Waals surface area contributed by atoms with Gasteiger partial charge >= 0.3 is 0 Å². The first kappa shape index (κ1) is 12.8. The van der Waals surface area contributed by atoms with Crippen molar-refractivity contribution >= 4 is 5.91 Å². The first-order chi connectivity index (χ1) is 8.04. The van der Waals surface area contributed by atoms with E-state index in [1.165, 1.54) is 6.42 Å².